The van der Waals surface area contributed by atoms with Crippen LogP contribution < -0.4 is 4.74 Å². The lowest BCUT2D eigenvalue weighted by Gasteiger charge is -2.16. The van der Waals surface area contributed by atoms with Crippen molar-refractivity contribution in [2.45, 2.75) is 6.92 Å². The van der Waals surface area contributed by atoms with Crippen LogP contribution in [0.4, 0.5) is 4.39 Å². The van der Waals surface area contributed by atoms with Gasteiger partial charge in [0.25, 0.3) is 0 Å². The van der Waals surface area contributed by atoms with Crippen molar-refractivity contribution in [2.75, 3.05) is 7.11 Å². The minimum absolute atomic E-state index is 0.154. The number of phenols is 1. The molecule has 0 aliphatic heterocycles. The zero-order valence-electron chi connectivity index (χ0n) is 13.9. The van der Waals surface area contributed by atoms with Crippen molar-refractivity contribution in [2.24, 2.45) is 0 Å². The molecule has 3 aromatic rings. The minimum atomic E-state index is -0.406. The number of phenolic OH excluding ortho intramolecular Hbond substituents is 1. The van der Waals surface area contributed by atoms with E-state index in [1.165, 1.54) is 19.2 Å². The van der Waals surface area contributed by atoms with Gasteiger partial charge in [0.05, 0.1) is 18.7 Å². The average Bonchev–Trinajstić information content (AvgIpc) is 2.61. The topological polar surface area (TPSA) is 53.2 Å². The zero-order valence-corrected chi connectivity index (χ0v) is 13.9. The maximum absolute atomic E-state index is 13.9. The molecule has 0 spiro atoms. The molecule has 0 unspecified atom stereocenters. The van der Waals surface area contributed by atoms with Gasteiger partial charge >= 0.3 is 0 Å². The van der Waals surface area contributed by atoms with Crippen LogP contribution in [-0.2, 0) is 0 Å². The number of hydrogen-bond acceptors (Lipinski definition) is 3. The SMILES string of the molecule is COc1ccc(F)cc1-c1c(C#N)cc(C)cc1-c1ccc(O)cc1. The quantitative estimate of drug-likeness (QED) is 0.729. The van der Waals surface area contributed by atoms with Crippen LogP contribution in [0, 0.1) is 24.1 Å². The lowest BCUT2D eigenvalue weighted by Crippen LogP contribution is -1.96. The van der Waals surface area contributed by atoms with Crippen LogP contribution in [0.25, 0.3) is 22.3 Å². The summed E-state index contributed by atoms with van der Waals surface area (Å²) in [7, 11) is 1.51. The van der Waals surface area contributed by atoms with Crippen molar-refractivity contribution >= 4 is 0 Å². The minimum Gasteiger partial charge on any atom is -0.508 e. The second-order valence-electron chi connectivity index (χ2n) is 5.74. The predicted octanol–water partition coefficient (Wildman–Crippen LogP) is 5.05. The maximum atomic E-state index is 13.9. The summed E-state index contributed by atoms with van der Waals surface area (Å²) in [5.41, 5.74) is 4.07. The van der Waals surface area contributed by atoms with E-state index in [0.29, 0.717) is 22.4 Å². The fourth-order valence-corrected chi connectivity index (χ4v) is 2.91. The Hall–Kier alpha value is -3.32. The van der Waals surface area contributed by atoms with Gasteiger partial charge in [-0.15, -0.1) is 0 Å². The van der Waals surface area contributed by atoms with Crippen LogP contribution in [-0.4, -0.2) is 12.2 Å². The average molecular weight is 333 g/mol. The molecule has 0 fully saturated rings. The van der Waals surface area contributed by atoms with Crippen molar-refractivity contribution in [3.8, 4) is 39.8 Å². The Morgan fingerprint density at radius 3 is 2.36 bits per heavy atom. The first-order valence-electron chi connectivity index (χ1n) is 7.71. The van der Waals surface area contributed by atoms with E-state index in [-0.39, 0.29) is 5.75 Å². The largest absolute Gasteiger partial charge is 0.508 e. The highest BCUT2D eigenvalue weighted by atomic mass is 19.1. The molecule has 0 radical (unpaired) electrons. The zero-order chi connectivity index (χ0) is 18.0. The number of rotatable bonds is 3. The second kappa shape index (κ2) is 6.66. The number of halogens is 1. The highest BCUT2D eigenvalue weighted by molar-refractivity contribution is 5.90. The molecule has 0 bridgehead atoms. The fourth-order valence-electron chi connectivity index (χ4n) is 2.91. The van der Waals surface area contributed by atoms with Gasteiger partial charge in [0, 0.05) is 11.1 Å². The molecule has 25 heavy (non-hydrogen) atoms. The lowest BCUT2D eigenvalue weighted by atomic mass is 9.88. The molecule has 0 aromatic heterocycles. The first-order chi connectivity index (χ1) is 12.0. The van der Waals surface area contributed by atoms with Gasteiger partial charge in [-0.2, -0.15) is 5.26 Å². The van der Waals surface area contributed by atoms with E-state index in [2.05, 4.69) is 6.07 Å². The van der Waals surface area contributed by atoms with Crippen molar-refractivity contribution in [3.05, 3.63) is 71.5 Å². The van der Waals surface area contributed by atoms with Crippen LogP contribution in [0.15, 0.2) is 54.6 Å². The van der Waals surface area contributed by atoms with Crippen LogP contribution in [0.3, 0.4) is 0 Å². The number of hydrogen-bond donors (Lipinski definition) is 1. The Morgan fingerprint density at radius 2 is 1.72 bits per heavy atom. The summed E-state index contributed by atoms with van der Waals surface area (Å²) in [5.74, 6) is 0.237. The second-order valence-corrected chi connectivity index (χ2v) is 5.74. The van der Waals surface area contributed by atoms with Gasteiger partial charge in [-0.1, -0.05) is 18.2 Å². The highest BCUT2D eigenvalue weighted by Gasteiger charge is 2.18. The van der Waals surface area contributed by atoms with Gasteiger partial charge < -0.3 is 9.84 Å². The molecule has 3 nitrogen and oxygen atoms in total. The van der Waals surface area contributed by atoms with Crippen LogP contribution in [0.2, 0.25) is 0 Å². The molecule has 0 aliphatic rings. The standard InChI is InChI=1S/C21H16FNO2/c1-13-9-15(12-23)21(19-11-16(22)5-8-20(19)25-2)18(10-13)14-3-6-17(24)7-4-14/h3-11,24H,1-2H3. The first kappa shape index (κ1) is 16.5. The van der Waals surface area contributed by atoms with E-state index in [9.17, 15) is 14.8 Å². The molecule has 3 rings (SSSR count). The van der Waals surface area contributed by atoms with Crippen molar-refractivity contribution in [1.82, 2.24) is 0 Å². The molecule has 0 saturated carbocycles. The summed E-state index contributed by atoms with van der Waals surface area (Å²) in [6.45, 7) is 1.90. The predicted molar refractivity (Wildman–Crippen MR) is 94.9 cm³/mol. The summed E-state index contributed by atoms with van der Waals surface area (Å²) >= 11 is 0. The number of aromatic hydroxyl groups is 1. The third-order valence-corrected chi connectivity index (χ3v) is 4.01. The maximum Gasteiger partial charge on any atom is 0.126 e. The van der Waals surface area contributed by atoms with Gasteiger partial charge in [-0.05, 0) is 60.0 Å². The molecule has 0 aliphatic carbocycles. The van der Waals surface area contributed by atoms with Crippen molar-refractivity contribution in [1.29, 1.82) is 5.26 Å². The summed E-state index contributed by atoms with van der Waals surface area (Å²) in [4.78, 5) is 0. The van der Waals surface area contributed by atoms with Crippen LogP contribution in [0.5, 0.6) is 11.5 Å². The molecule has 124 valence electrons. The molecular weight excluding hydrogens is 317 g/mol. The smallest absolute Gasteiger partial charge is 0.126 e. The molecule has 4 heteroatoms. The van der Waals surface area contributed by atoms with Crippen LogP contribution in [0.1, 0.15) is 11.1 Å². The summed E-state index contributed by atoms with van der Waals surface area (Å²) in [6, 6.07) is 16.8. The Bertz CT molecular complexity index is 972. The van der Waals surface area contributed by atoms with Gasteiger partial charge in [-0.25, -0.2) is 4.39 Å². The molecule has 0 heterocycles. The molecule has 0 amide bonds. The fraction of sp³-hybridized carbons (Fsp3) is 0.0952. The van der Waals surface area contributed by atoms with Gasteiger partial charge in [0.15, 0.2) is 0 Å². The van der Waals surface area contributed by atoms with E-state index in [4.69, 9.17) is 4.74 Å². The molecule has 3 aromatic carbocycles. The number of benzene rings is 3. The monoisotopic (exact) mass is 333 g/mol. The Kier molecular flexibility index (Phi) is 4.40. The number of nitriles is 1. The number of aryl methyl sites for hydroxylation is 1. The van der Waals surface area contributed by atoms with Gasteiger partial charge in [0.2, 0.25) is 0 Å². The lowest BCUT2D eigenvalue weighted by molar-refractivity contribution is 0.415. The molecule has 1 N–H and O–H groups in total. The van der Waals surface area contributed by atoms with E-state index >= 15 is 0 Å². The highest BCUT2D eigenvalue weighted by Crippen LogP contribution is 2.40. The van der Waals surface area contributed by atoms with Crippen molar-refractivity contribution in [3.63, 3.8) is 0 Å². The normalized spacial score (nSPS) is 10.3. The number of nitrogens with zero attached hydrogens (tertiary/aromatic N) is 1. The Labute approximate surface area is 145 Å². The van der Waals surface area contributed by atoms with Crippen molar-refractivity contribution < 1.29 is 14.2 Å². The van der Waals surface area contributed by atoms with Gasteiger partial charge in [-0.3, -0.25) is 0 Å². The summed E-state index contributed by atoms with van der Waals surface area (Å²) < 4.78 is 19.3. The van der Waals surface area contributed by atoms with E-state index in [1.807, 2.05) is 13.0 Å². The summed E-state index contributed by atoms with van der Waals surface area (Å²) in [6.07, 6.45) is 0. The molecule has 0 atom stereocenters. The van der Waals surface area contributed by atoms with Gasteiger partial charge in [0.1, 0.15) is 17.3 Å². The van der Waals surface area contributed by atoms with Crippen LogP contribution >= 0.6 is 0 Å². The first-order valence-corrected chi connectivity index (χ1v) is 7.71. The Morgan fingerprint density at radius 1 is 1.00 bits per heavy atom. The molecular formula is C21H16FNO2. The summed E-state index contributed by atoms with van der Waals surface area (Å²) in [5, 5.41) is 19.2. The Balaban J connectivity index is 2.38. The van der Waals surface area contributed by atoms with E-state index in [0.717, 1.165) is 16.7 Å². The van der Waals surface area contributed by atoms with E-state index < -0.39 is 5.82 Å². The third-order valence-electron chi connectivity index (χ3n) is 4.01. The van der Waals surface area contributed by atoms with E-state index in [1.54, 1.807) is 36.4 Å². The number of ether oxygens (including phenoxy) is 1. The molecule has 0 saturated heterocycles. The number of methoxy groups -OCH3 is 1. The third kappa shape index (κ3) is 3.17.